The lowest BCUT2D eigenvalue weighted by Crippen LogP contribution is -2.41. The number of hydrogen-bond donors (Lipinski definition) is 0. The third-order valence-corrected chi connectivity index (χ3v) is 3.29. The van der Waals surface area contributed by atoms with E-state index in [1.54, 1.807) is 0 Å². The van der Waals surface area contributed by atoms with E-state index in [-0.39, 0.29) is 23.8 Å². The van der Waals surface area contributed by atoms with Gasteiger partial charge in [-0.05, 0) is 34.1 Å². The first-order valence-corrected chi connectivity index (χ1v) is 7.33. The van der Waals surface area contributed by atoms with Crippen molar-refractivity contribution < 1.29 is 9.59 Å². The molecule has 0 N–H and O–H groups in total. The fourth-order valence-electron chi connectivity index (χ4n) is 2.47. The van der Waals surface area contributed by atoms with Crippen molar-refractivity contribution in [3.63, 3.8) is 0 Å². The lowest BCUT2D eigenvalue weighted by atomic mass is 10.0. The Morgan fingerprint density at radius 2 is 1.50 bits per heavy atom. The highest BCUT2D eigenvalue weighted by atomic mass is 16.2. The molecule has 1 aromatic carbocycles. The van der Waals surface area contributed by atoms with Crippen molar-refractivity contribution in [2.75, 3.05) is 0 Å². The number of ketones is 1. The molecular weight excluding hydrogens is 250 g/mol. The predicted molar refractivity (Wildman–Crippen MR) is 81.7 cm³/mol. The normalized spacial score (nSPS) is 10.9. The Kier molecular flexibility index (Phi) is 6.43. The Balaban J connectivity index is 2.44. The molecule has 0 aliphatic rings. The first-order chi connectivity index (χ1) is 9.43. The number of hydrogen-bond acceptors (Lipinski definition) is 2. The van der Waals surface area contributed by atoms with Gasteiger partial charge in [-0.15, -0.1) is 0 Å². The van der Waals surface area contributed by atoms with Crippen LogP contribution in [-0.4, -0.2) is 28.7 Å². The van der Waals surface area contributed by atoms with Crippen molar-refractivity contribution in [3.05, 3.63) is 35.9 Å². The van der Waals surface area contributed by atoms with Crippen LogP contribution in [0, 0.1) is 0 Å². The molecule has 0 aromatic heterocycles. The van der Waals surface area contributed by atoms with Gasteiger partial charge < -0.3 is 4.90 Å². The van der Waals surface area contributed by atoms with Gasteiger partial charge in [0.25, 0.3) is 0 Å². The topological polar surface area (TPSA) is 37.4 Å². The molecule has 0 saturated carbocycles. The highest BCUT2D eigenvalue weighted by Gasteiger charge is 2.19. The monoisotopic (exact) mass is 275 g/mol. The van der Waals surface area contributed by atoms with Crippen molar-refractivity contribution in [3.8, 4) is 0 Å². The van der Waals surface area contributed by atoms with E-state index in [0.29, 0.717) is 19.3 Å². The smallest absolute Gasteiger partial charge is 0.223 e. The van der Waals surface area contributed by atoms with Crippen LogP contribution in [0.5, 0.6) is 0 Å². The van der Waals surface area contributed by atoms with Crippen LogP contribution in [0.25, 0.3) is 0 Å². The molecular formula is C17H25NO2. The van der Waals surface area contributed by atoms with Crippen molar-refractivity contribution in [2.24, 2.45) is 0 Å². The zero-order valence-electron chi connectivity index (χ0n) is 12.9. The first kappa shape index (κ1) is 16.4. The Labute approximate surface area is 122 Å². The largest absolute Gasteiger partial charge is 0.338 e. The van der Waals surface area contributed by atoms with Gasteiger partial charge in [-0.25, -0.2) is 0 Å². The molecule has 110 valence electrons. The number of Topliss-reactive ketones (excluding diaryl/α,β-unsaturated/α-hetero) is 1. The molecule has 20 heavy (non-hydrogen) atoms. The maximum atomic E-state index is 12.2. The van der Waals surface area contributed by atoms with Crippen molar-refractivity contribution >= 4 is 11.7 Å². The second-order valence-electron chi connectivity index (χ2n) is 5.63. The minimum atomic E-state index is 0.110. The summed E-state index contributed by atoms with van der Waals surface area (Å²) in [6.45, 7) is 8.08. The maximum Gasteiger partial charge on any atom is 0.223 e. The van der Waals surface area contributed by atoms with Gasteiger partial charge in [-0.1, -0.05) is 30.3 Å². The van der Waals surface area contributed by atoms with Gasteiger partial charge in [0.1, 0.15) is 0 Å². The third-order valence-electron chi connectivity index (χ3n) is 3.29. The predicted octanol–water partition coefficient (Wildman–Crippen LogP) is 3.69. The summed E-state index contributed by atoms with van der Waals surface area (Å²) in [4.78, 5) is 26.0. The minimum absolute atomic E-state index is 0.110. The molecule has 0 bridgehead atoms. The summed E-state index contributed by atoms with van der Waals surface area (Å²) in [5, 5.41) is 0. The van der Waals surface area contributed by atoms with E-state index in [0.717, 1.165) is 5.56 Å². The Morgan fingerprint density at radius 1 is 0.950 bits per heavy atom. The van der Waals surface area contributed by atoms with Crippen molar-refractivity contribution in [2.45, 2.75) is 59.0 Å². The number of amides is 1. The van der Waals surface area contributed by atoms with E-state index >= 15 is 0 Å². The SMILES string of the molecule is CC(C)N(C(=O)CCCC(=O)c1ccccc1)C(C)C. The van der Waals surface area contributed by atoms with Crippen molar-refractivity contribution in [1.29, 1.82) is 0 Å². The lowest BCUT2D eigenvalue weighted by Gasteiger charge is -2.30. The number of benzene rings is 1. The van der Waals surface area contributed by atoms with Crippen LogP contribution in [0.1, 0.15) is 57.3 Å². The van der Waals surface area contributed by atoms with Gasteiger partial charge >= 0.3 is 0 Å². The second-order valence-corrected chi connectivity index (χ2v) is 5.63. The Morgan fingerprint density at radius 3 is 2.00 bits per heavy atom. The highest BCUT2D eigenvalue weighted by Crippen LogP contribution is 2.12. The molecule has 3 heteroatoms. The van der Waals surface area contributed by atoms with Crippen molar-refractivity contribution in [1.82, 2.24) is 4.90 Å². The van der Waals surface area contributed by atoms with Crippen LogP contribution in [-0.2, 0) is 4.79 Å². The molecule has 0 heterocycles. The van der Waals surface area contributed by atoms with Gasteiger partial charge in [0, 0.05) is 30.5 Å². The quantitative estimate of drug-likeness (QED) is 0.712. The van der Waals surface area contributed by atoms with E-state index < -0.39 is 0 Å². The zero-order chi connectivity index (χ0) is 15.1. The summed E-state index contributed by atoms with van der Waals surface area (Å²) in [5.74, 6) is 0.245. The molecule has 1 aromatic rings. The number of carbonyl (C=O) groups is 2. The summed E-state index contributed by atoms with van der Waals surface area (Å²) in [6, 6.07) is 9.65. The highest BCUT2D eigenvalue weighted by molar-refractivity contribution is 5.96. The number of nitrogens with zero attached hydrogens (tertiary/aromatic N) is 1. The molecule has 0 aliphatic carbocycles. The molecule has 0 unspecified atom stereocenters. The average molecular weight is 275 g/mol. The summed E-state index contributed by atoms with van der Waals surface area (Å²) in [6.07, 6.45) is 1.48. The molecule has 0 aliphatic heterocycles. The number of carbonyl (C=O) groups excluding carboxylic acids is 2. The fraction of sp³-hybridized carbons (Fsp3) is 0.529. The molecule has 0 radical (unpaired) electrons. The van der Waals surface area contributed by atoms with E-state index in [2.05, 4.69) is 0 Å². The van der Waals surface area contributed by atoms with Gasteiger partial charge in [0.05, 0.1) is 0 Å². The van der Waals surface area contributed by atoms with Crippen LogP contribution in [0.4, 0.5) is 0 Å². The van der Waals surface area contributed by atoms with E-state index in [9.17, 15) is 9.59 Å². The standard InChI is InChI=1S/C17H25NO2/c1-13(2)18(14(3)4)17(20)12-8-11-16(19)15-9-6-5-7-10-15/h5-7,9-10,13-14H,8,11-12H2,1-4H3. The second kappa shape index (κ2) is 7.83. The van der Waals surface area contributed by atoms with Gasteiger partial charge in [-0.3, -0.25) is 9.59 Å². The number of rotatable bonds is 7. The van der Waals surface area contributed by atoms with Crippen LogP contribution >= 0.6 is 0 Å². The molecule has 0 saturated heterocycles. The van der Waals surface area contributed by atoms with Gasteiger partial charge in [-0.2, -0.15) is 0 Å². The van der Waals surface area contributed by atoms with Crippen LogP contribution < -0.4 is 0 Å². The molecule has 1 amide bonds. The minimum Gasteiger partial charge on any atom is -0.338 e. The van der Waals surface area contributed by atoms with Crippen LogP contribution in [0.3, 0.4) is 0 Å². The Hall–Kier alpha value is -1.64. The molecule has 0 atom stereocenters. The fourth-order valence-corrected chi connectivity index (χ4v) is 2.47. The molecule has 0 fully saturated rings. The van der Waals surface area contributed by atoms with E-state index in [4.69, 9.17) is 0 Å². The van der Waals surface area contributed by atoms with Crippen LogP contribution in [0.2, 0.25) is 0 Å². The lowest BCUT2D eigenvalue weighted by molar-refractivity contribution is -0.134. The average Bonchev–Trinajstić information content (AvgIpc) is 2.38. The van der Waals surface area contributed by atoms with Crippen LogP contribution in [0.15, 0.2) is 30.3 Å². The summed E-state index contributed by atoms with van der Waals surface area (Å²) in [7, 11) is 0. The summed E-state index contributed by atoms with van der Waals surface area (Å²) >= 11 is 0. The van der Waals surface area contributed by atoms with Gasteiger partial charge in [0.2, 0.25) is 5.91 Å². The summed E-state index contributed by atoms with van der Waals surface area (Å²) < 4.78 is 0. The first-order valence-electron chi connectivity index (χ1n) is 7.33. The Bertz CT molecular complexity index is 430. The van der Waals surface area contributed by atoms with Gasteiger partial charge in [0.15, 0.2) is 5.78 Å². The maximum absolute atomic E-state index is 12.2. The molecule has 3 nitrogen and oxygen atoms in total. The molecule has 1 rings (SSSR count). The zero-order valence-corrected chi connectivity index (χ0v) is 12.9. The summed E-state index contributed by atoms with van der Waals surface area (Å²) in [5.41, 5.74) is 0.726. The molecule has 0 spiro atoms. The van der Waals surface area contributed by atoms with E-state index in [1.165, 1.54) is 0 Å². The third kappa shape index (κ3) is 4.80. The van der Waals surface area contributed by atoms with E-state index in [1.807, 2.05) is 62.9 Å².